The quantitative estimate of drug-likeness (QED) is 0.699. The molecule has 70 valence electrons. The van der Waals surface area contributed by atoms with Crippen molar-refractivity contribution in [3.8, 4) is 0 Å². The highest BCUT2D eigenvalue weighted by Gasteiger charge is 2.03. The van der Waals surface area contributed by atoms with Crippen molar-refractivity contribution in [1.82, 2.24) is 0 Å². The van der Waals surface area contributed by atoms with Gasteiger partial charge in [-0.25, -0.2) is 0 Å². The average Bonchev–Trinajstić information content (AvgIpc) is 2.23. The lowest BCUT2D eigenvalue weighted by molar-refractivity contribution is 1.25. The van der Waals surface area contributed by atoms with Crippen LogP contribution in [-0.2, 0) is 12.6 Å². The molecular formula is C12H11S2+. The van der Waals surface area contributed by atoms with Gasteiger partial charge >= 0.3 is 0 Å². The van der Waals surface area contributed by atoms with Crippen molar-refractivity contribution in [2.24, 2.45) is 0 Å². The van der Waals surface area contributed by atoms with Gasteiger partial charge in [0.2, 0.25) is 0 Å². The van der Waals surface area contributed by atoms with Crippen molar-refractivity contribution in [3.05, 3.63) is 54.6 Å². The first-order valence-electron chi connectivity index (χ1n) is 4.40. The molecule has 0 saturated heterocycles. The summed E-state index contributed by atoms with van der Waals surface area (Å²) in [7, 11) is 0. The molecule has 0 unspecified atom stereocenters. The van der Waals surface area contributed by atoms with Gasteiger partial charge in [0.05, 0.1) is 4.90 Å². The summed E-state index contributed by atoms with van der Waals surface area (Å²) >= 11 is 5.35. The van der Waals surface area contributed by atoms with Gasteiger partial charge in [0.15, 0.2) is 4.90 Å². The van der Waals surface area contributed by atoms with Crippen molar-refractivity contribution in [3.63, 3.8) is 0 Å². The van der Waals surface area contributed by atoms with Crippen LogP contribution in [0.4, 0.5) is 0 Å². The Balaban J connectivity index is 2.24. The minimum Gasteiger partial charge on any atom is -0.0848 e. The minimum absolute atomic E-state index is 1.14. The third-order valence-electron chi connectivity index (χ3n) is 1.86. The molecule has 0 aromatic heterocycles. The lowest BCUT2D eigenvalue weighted by Crippen LogP contribution is -1.77. The zero-order valence-electron chi connectivity index (χ0n) is 7.60. The van der Waals surface area contributed by atoms with Crippen molar-refractivity contribution >= 4 is 24.4 Å². The van der Waals surface area contributed by atoms with E-state index in [9.17, 15) is 0 Å². The summed E-state index contributed by atoms with van der Waals surface area (Å²) in [6.45, 7) is 0. The van der Waals surface area contributed by atoms with Gasteiger partial charge in [0.1, 0.15) is 0 Å². The molecular weight excluding hydrogens is 208 g/mol. The van der Waals surface area contributed by atoms with Gasteiger partial charge in [-0.15, -0.1) is 0 Å². The van der Waals surface area contributed by atoms with Crippen molar-refractivity contribution in [2.45, 2.75) is 14.7 Å². The van der Waals surface area contributed by atoms with Crippen LogP contribution in [0.15, 0.2) is 69.3 Å². The molecule has 0 saturated carbocycles. The van der Waals surface area contributed by atoms with E-state index in [1.54, 1.807) is 11.8 Å². The fourth-order valence-electron chi connectivity index (χ4n) is 1.17. The lowest BCUT2D eigenvalue weighted by Gasteiger charge is -2.00. The van der Waals surface area contributed by atoms with Crippen LogP contribution in [0.1, 0.15) is 0 Å². The highest BCUT2D eigenvalue weighted by molar-refractivity contribution is 7.99. The topological polar surface area (TPSA) is 0 Å². The molecule has 0 fully saturated rings. The fourth-order valence-corrected chi connectivity index (χ4v) is 2.38. The van der Waals surface area contributed by atoms with Gasteiger partial charge < -0.3 is 0 Å². The Morgan fingerprint density at radius 1 is 0.786 bits per heavy atom. The Kier molecular flexibility index (Phi) is 3.17. The molecule has 0 atom stereocenters. The minimum atomic E-state index is 1.14. The Morgan fingerprint density at radius 2 is 1.43 bits per heavy atom. The molecule has 2 heteroatoms. The van der Waals surface area contributed by atoms with E-state index in [4.69, 9.17) is 0 Å². The van der Waals surface area contributed by atoms with E-state index in [1.807, 2.05) is 12.1 Å². The van der Waals surface area contributed by atoms with Crippen LogP contribution >= 0.6 is 11.8 Å². The van der Waals surface area contributed by atoms with Gasteiger partial charge in [0.25, 0.3) is 0 Å². The third-order valence-corrected chi connectivity index (χ3v) is 3.56. The molecule has 0 aliphatic heterocycles. The highest BCUT2D eigenvalue weighted by Crippen LogP contribution is 2.29. The van der Waals surface area contributed by atoms with Crippen LogP contribution < -0.4 is 0 Å². The second kappa shape index (κ2) is 4.58. The Morgan fingerprint density at radius 3 is 2.14 bits per heavy atom. The number of rotatable bonds is 2. The fraction of sp³-hybridized carbons (Fsp3) is 0. The Labute approximate surface area is 93.8 Å². The second-order valence-electron chi connectivity index (χ2n) is 2.91. The summed E-state index contributed by atoms with van der Waals surface area (Å²) in [5.74, 6) is 0. The molecule has 2 rings (SSSR count). The summed E-state index contributed by atoms with van der Waals surface area (Å²) in [5.41, 5.74) is 0. The van der Waals surface area contributed by atoms with Crippen LogP contribution in [0.5, 0.6) is 0 Å². The van der Waals surface area contributed by atoms with Crippen molar-refractivity contribution < 1.29 is 0 Å². The maximum atomic E-state index is 3.58. The summed E-state index contributed by atoms with van der Waals surface area (Å²) in [4.78, 5) is 3.65. The van der Waals surface area contributed by atoms with Gasteiger partial charge in [-0.3, -0.25) is 0 Å². The monoisotopic (exact) mass is 219 g/mol. The zero-order valence-corrected chi connectivity index (χ0v) is 9.42. The first kappa shape index (κ1) is 9.69. The van der Waals surface area contributed by atoms with Crippen LogP contribution in [-0.4, -0.2) is 0 Å². The van der Waals surface area contributed by atoms with E-state index in [-0.39, 0.29) is 0 Å². The molecule has 0 heterocycles. The smallest absolute Gasteiger partial charge is 0.0848 e. The number of hydrogen-bond acceptors (Lipinski definition) is 1. The lowest BCUT2D eigenvalue weighted by atomic mass is 10.4. The normalized spacial score (nSPS) is 10.1. The Bertz CT molecular complexity index is 410. The molecule has 14 heavy (non-hydrogen) atoms. The number of benzene rings is 2. The molecule has 0 aliphatic carbocycles. The Hall–Kier alpha value is -0.860. The van der Waals surface area contributed by atoms with Crippen LogP contribution in [0.2, 0.25) is 0 Å². The summed E-state index contributed by atoms with van der Waals surface area (Å²) in [6, 6.07) is 18.6. The highest BCUT2D eigenvalue weighted by atomic mass is 32.2. The van der Waals surface area contributed by atoms with Gasteiger partial charge in [0, 0.05) is 4.90 Å². The predicted molar refractivity (Wildman–Crippen MR) is 65.4 cm³/mol. The number of hydrogen-bond donors (Lipinski definition) is 0. The van der Waals surface area contributed by atoms with Crippen molar-refractivity contribution in [1.29, 1.82) is 0 Å². The maximum Gasteiger partial charge on any atom is 0.164 e. The largest absolute Gasteiger partial charge is 0.164 e. The first-order chi connectivity index (χ1) is 6.86. The molecule has 0 amide bonds. The molecule has 0 radical (unpaired) electrons. The average molecular weight is 219 g/mol. The SMILES string of the molecule is [SH2+]c1ccccc1Sc1ccccc1. The standard InChI is InChI=1S/C12H10S2/c13-11-8-4-5-9-12(11)14-10-6-2-1-3-7-10/h1-9,13H/p+1. The first-order valence-corrected chi connectivity index (χ1v) is 5.71. The molecule has 0 nitrogen and oxygen atoms in total. The summed E-state index contributed by atoms with van der Waals surface area (Å²) in [6.07, 6.45) is 0. The predicted octanol–water partition coefficient (Wildman–Crippen LogP) is 3.21. The van der Waals surface area contributed by atoms with E-state index in [2.05, 4.69) is 55.1 Å². The summed E-state index contributed by atoms with van der Waals surface area (Å²) < 4.78 is 0. The van der Waals surface area contributed by atoms with Crippen LogP contribution in [0.3, 0.4) is 0 Å². The maximum absolute atomic E-state index is 3.58. The molecule has 0 N–H and O–H groups in total. The van der Waals surface area contributed by atoms with E-state index >= 15 is 0 Å². The van der Waals surface area contributed by atoms with Gasteiger partial charge in [-0.1, -0.05) is 42.1 Å². The molecule has 0 bridgehead atoms. The third kappa shape index (κ3) is 2.34. The van der Waals surface area contributed by atoms with Gasteiger partial charge in [-0.05, 0) is 36.9 Å². The van der Waals surface area contributed by atoms with Gasteiger partial charge in [-0.2, -0.15) is 0 Å². The second-order valence-corrected chi connectivity index (χ2v) is 4.57. The van der Waals surface area contributed by atoms with E-state index < -0.39 is 0 Å². The molecule has 2 aromatic carbocycles. The van der Waals surface area contributed by atoms with Crippen LogP contribution in [0.25, 0.3) is 0 Å². The molecule has 2 aromatic rings. The molecule has 0 spiro atoms. The van der Waals surface area contributed by atoms with Crippen LogP contribution in [0, 0.1) is 0 Å². The zero-order chi connectivity index (χ0) is 9.80. The molecule has 0 aliphatic rings. The van der Waals surface area contributed by atoms with E-state index in [0.717, 1.165) is 4.90 Å². The van der Waals surface area contributed by atoms with E-state index in [0.29, 0.717) is 0 Å². The van der Waals surface area contributed by atoms with Crippen molar-refractivity contribution in [2.75, 3.05) is 0 Å². The van der Waals surface area contributed by atoms with E-state index in [1.165, 1.54) is 9.79 Å². The summed E-state index contributed by atoms with van der Waals surface area (Å²) in [5, 5.41) is 0.